The monoisotopic (exact) mass is 447 g/mol. The van der Waals surface area contributed by atoms with Gasteiger partial charge in [-0.2, -0.15) is 0 Å². The summed E-state index contributed by atoms with van der Waals surface area (Å²) in [6, 6.07) is 19.0. The van der Waals surface area contributed by atoms with E-state index in [0.717, 1.165) is 22.4 Å². The second-order valence-electron chi connectivity index (χ2n) is 7.58. The number of nitrogens with zero attached hydrogens (tertiary/aromatic N) is 2. The molecule has 0 fully saturated rings. The van der Waals surface area contributed by atoms with Gasteiger partial charge in [-0.15, -0.1) is 0 Å². The van der Waals surface area contributed by atoms with E-state index >= 15 is 0 Å². The molecule has 0 aliphatic rings. The molecule has 1 amide bonds. The maximum atomic E-state index is 13.3. The van der Waals surface area contributed by atoms with Crippen molar-refractivity contribution in [3.8, 4) is 0 Å². The van der Waals surface area contributed by atoms with Crippen molar-refractivity contribution in [1.82, 2.24) is 9.55 Å². The second-order valence-corrected chi connectivity index (χ2v) is 8.53. The molecule has 0 saturated heterocycles. The Balaban J connectivity index is 1.61. The van der Waals surface area contributed by atoms with Gasteiger partial charge in [0.05, 0.1) is 23.2 Å². The van der Waals surface area contributed by atoms with Gasteiger partial charge >= 0.3 is 0 Å². The van der Waals surface area contributed by atoms with Crippen LogP contribution in [-0.4, -0.2) is 21.2 Å². The van der Waals surface area contributed by atoms with E-state index in [-0.39, 0.29) is 29.6 Å². The van der Waals surface area contributed by atoms with Gasteiger partial charge in [0.1, 0.15) is 5.82 Å². The van der Waals surface area contributed by atoms with Crippen LogP contribution in [0.2, 0.25) is 0 Å². The molecule has 7 heteroatoms. The highest BCUT2D eigenvalue weighted by Gasteiger charge is 2.14. The number of hydrogen-bond donors (Lipinski definition) is 1. The minimum atomic E-state index is -0.338. The number of amides is 1. The van der Waals surface area contributed by atoms with Crippen LogP contribution in [0.15, 0.2) is 76.7 Å². The molecule has 3 aromatic carbocycles. The predicted molar refractivity (Wildman–Crippen MR) is 127 cm³/mol. The summed E-state index contributed by atoms with van der Waals surface area (Å²) < 4.78 is 14.8. The maximum Gasteiger partial charge on any atom is 0.262 e. The number of carbonyl (C=O) groups excluding carboxylic acids is 1. The number of para-hydroxylation sites is 1. The van der Waals surface area contributed by atoms with Crippen LogP contribution in [0.25, 0.3) is 10.9 Å². The van der Waals surface area contributed by atoms with E-state index in [2.05, 4.69) is 10.3 Å². The third-order valence-electron chi connectivity index (χ3n) is 5.08. The summed E-state index contributed by atoms with van der Waals surface area (Å²) in [5.74, 6) is -0.420. The Bertz CT molecular complexity index is 1350. The van der Waals surface area contributed by atoms with Crippen LogP contribution in [0, 0.1) is 19.7 Å². The Morgan fingerprint density at radius 1 is 1.06 bits per heavy atom. The summed E-state index contributed by atoms with van der Waals surface area (Å²) in [4.78, 5) is 30.4. The van der Waals surface area contributed by atoms with Crippen molar-refractivity contribution in [3.05, 3.63) is 99.6 Å². The van der Waals surface area contributed by atoms with Gasteiger partial charge < -0.3 is 5.32 Å². The van der Waals surface area contributed by atoms with E-state index < -0.39 is 0 Å². The lowest BCUT2D eigenvalue weighted by Crippen LogP contribution is -2.25. The smallest absolute Gasteiger partial charge is 0.262 e. The lowest BCUT2D eigenvalue weighted by atomic mass is 10.1. The SMILES string of the molecule is Cc1ccc(C)c(NC(=O)CSc2nc3ccccc3c(=O)n2Cc2ccc(F)cc2)c1. The zero-order valence-corrected chi connectivity index (χ0v) is 18.6. The van der Waals surface area contributed by atoms with Crippen molar-refractivity contribution in [2.75, 3.05) is 11.1 Å². The van der Waals surface area contributed by atoms with Crippen molar-refractivity contribution in [2.45, 2.75) is 25.5 Å². The molecule has 0 spiro atoms. The topological polar surface area (TPSA) is 64.0 Å². The molecule has 32 heavy (non-hydrogen) atoms. The van der Waals surface area contributed by atoms with E-state index in [9.17, 15) is 14.0 Å². The zero-order valence-electron chi connectivity index (χ0n) is 17.8. The third-order valence-corrected chi connectivity index (χ3v) is 6.06. The number of aromatic nitrogens is 2. The van der Waals surface area contributed by atoms with Gasteiger partial charge in [0, 0.05) is 5.69 Å². The first kappa shape index (κ1) is 21.8. The Morgan fingerprint density at radius 2 is 1.81 bits per heavy atom. The Hall–Kier alpha value is -3.45. The van der Waals surface area contributed by atoms with Crippen LogP contribution < -0.4 is 10.9 Å². The normalized spacial score (nSPS) is 11.0. The fourth-order valence-corrected chi connectivity index (χ4v) is 4.16. The first-order chi connectivity index (χ1) is 15.4. The molecule has 4 rings (SSSR count). The van der Waals surface area contributed by atoms with Crippen LogP contribution in [0.5, 0.6) is 0 Å². The maximum absolute atomic E-state index is 13.3. The first-order valence-corrected chi connectivity index (χ1v) is 11.1. The molecule has 0 aliphatic carbocycles. The number of thioether (sulfide) groups is 1. The van der Waals surface area contributed by atoms with Crippen LogP contribution in [0.1, 0.15) is 16.7 Å². The fourth-order valence-electron chi connectivity index (χ4n) is 3.36. The van der Waals surface area contributed by atoms with Gasteiger partial charge in [-0.3, -0.25) is 14.2 Å². The number of benzene rings is 3. The van der Waals surface area contributed by atoms with Gasteiger partial charge in [-0.25, -0.2) is 9.37 Å². The molecule has 0 aliphatic heterocycles. The van der Waals surface area contributed by atoms with E-state index in [4.69, 9.17) is 0 Å². The number of hydrogen-bond acceptors (Lipinski definition) is 4. The molecule has 0 radical (unpaired) electrons. The average molecular weight is 448 g/mol. The molecule has 1 aromatic heterocycles. The lowest BCUT2D eigenvalue weighted by Gasteiger charge is -2.14. The number of fused-ring (bicyclic) bond motifs is 1. The van der Waals surface area contributed by atoms with E-state index in [1.165, 1.54) is 28.5 Å². The Morgan fingerprint density at radius 3 is 2.59 bits per heavy atom. The Kier molecular flexibility index (Phi) is 6.37. The summed E-state index contributed by atoms with van der Waals surface area (Å²) in [6.07, 6.45) is 0. The summed E-state index contributed by atoms with van der Waals surface area (Å²) >= 11 is 1.20. The van der Waals surface area contributed by atoms with Crippen molar-refractivity contribution in [1.29, 1.82) is 0 Å². The number of nitrogens with one attached hydrogen (secondary N) is 1. The molecule has 162 valence electrons. The molecule has 0 unspecified atom stereocenters. The van der Waals surface area contributed by atoms with Gasteiger partial charge in [0.25, 0.3) is 5.56 Å². The summed E-state index contributed by atoms with van der Waals surface area (Å²) in [7, 11) is 0. The molecular formula is C25H22FN3O2S. The first-order valence-electron chi connectivity index (χ1n) is 10.1. The fraction of sp³-hybridized carbons (Fsp3) is 0.160. The lowest BCUT2D eigenvalue weighted by molar-refractivity contribution is -0.113. The Labute approximate surface area is 189 Å². The van der Waals surface area contributed by atoms with Crippen LogP contribution in [0.4, 0.5) is 10.1 Å². The molecule has 0 saturated carbocycles. The van der Waals surface area contributed by atoms with Crippen LogP contribution in [-0.2, 0) is 11.3 Å². The molecular weight excluding hydrogens is 425 g/mol. The minimum absolute atomic E-state index is 0.0988. The highest BCUT2D eigenvalue weighted by molar-refractivity contribution is 7.99. The van der Waals surface area contributed by atoms with E-state index in [1.807, 2.05) is 38.1 Å². The van der Waals surface area contributed by atoms with Crippen LogP contribution >= 0.6 is 11.8 Å². The van der Waals surface area contributed by atoms with Gasteiger partial charge in [-0.05, 0) is 60.9 Å². The summed E-state index contributed by atoms with van der Waals surface area (Å²) in [5.41, 5.74) is 3.95. The molecule has 4 aromatic rings. The zero-order chi connectivity index (χ0) is 22.7. The third kappa shape index (κ3) is 4.89. The molecule has 0 bridgehead atoms. The number of rotatable bonds is 6. The number of aryl methyl sites for hydroxylation is 2. The van der Waals surface area contributed by atoms with Crippen molar-refractivity contribution in [2.24, 2.45) is 0 Å². The minimum Gasteiger partial charge on any atom is -0.325 e. The van der Waals surface area contributed by atoms with E-state index in [0.29, 0.717) is 16.1 Å². The highest BCUT2D eigenvalue weighted by Crippen LogP contribution is 2.21. The number of halogens is 1. The van der Waals surface area contributed by atoms with Gasteiger partial charge in [0.15, 0.2) is 5.16 Å². The molecule has 0 atom stereocenters. The molecule has 1 heterocycles. The molecule has 5 nitrogen and oxygen atoms in total. The average Bonchev–Trinajstić information content (AvgIpc) is 2.78. The van der Waals surface area contributed by atoms with Gasteiger partial charge in [0.2, 0.25) is 5.91 Å². The predicted octanol–water partition coefficient (Wildman–Crippen LogP) is 4.93. The largest absolute Gasteiger partial charge is 0.325 e. The standard InChI is InChI=1S/C25H22FN3O2S/c1-16-7-8-17(2)22(13-16)27-23(30)15-32-25-28-21-6-4-3-5-20(21)24(31)29(25)14-18-9-11-19(26)12-10-18/h3-13H,14-15H2,1-2H3,(H,27,30). The van der Waals surface area contributed by atoms with Crippen molar-refractivity contribution < 1.29 is 9.18 Å². The van der Waals surface area contributed by atoms with Gasteiger partial charge in [-0.1, -0.05) is 48.2 Å². The number of anilines is 1. The summed E-state index contributed by atoms with van der Waals surface area (Å²) in [6.45, 7) is 4.14. The van der Waals surface area contributed by atoms with E-state index in [1.54, 1.807) is 30.3 Å². The molecule has 1 N–H and O–H groups in total. The second kappa shape index (κ2) is 9.36. The van der Waals surface area contributed by atoms with Crippen molar-refractivity contribution in [3.63, 3.8) is 0 Å². The quantitative estimate of drug-likeness (QED) is 0.336. The highest BCUT2D eigenvalue weighted by atomic mass is 32.2. The number of carbonyl (C=O) groups is 1. The summed E-state index contributed by atoms with van der Waals surface area (Å²) in [5, 5.41) is 3.87. The van der Waals surface area contributed by atoms with Crippen molar-refractivity contribution >= 4 is 34.3 Å². The van der Waals surface area contributed by atoms with Crippen LogP contribution in [0.3, 0.4) is 0 Å².